The first-order valence-corrected chi connectivity index (χ1v) is 3.61. The molecule has 0 spiro atoms. The number of carbonyl (C=O) groups is 1. The number of rotatable bonds is 4. The Hall–Kier alpha value is -0.210. The molecule has 2 nitrogen and oxygen atoms in total. The Bertz CT molecular complexity index is 123. The lowest BCUT2D eigenvalue weighted by atomic mass is 10.5. The van der Waals surface area contributed by atoms with Gasteiger partial charge in [0.15, 0.2) is 0 Å². The van der Waals surface area contributed by atoms with Crippen LogP contribution >= 0.6 is 23.2 Å². The molecule has 0 atom stereocenters. The summed E-state index contributed by atoms with van der Waals surface area (Å²) >= 11 is 10.3. The molecular weight excluding hydrogens is 175 g/mol. The molecule has 0 aliphatic heterocycles. The lowest BCUT2D eigenvalue weighted by Crippen LogP contribution is -2.12. The molecule has 0 N–H and O–H groups in total. The van der Waals surface area contributed by atoms with Gasteiger partial charge in [-0.2, -0.15) is 0 Å². The van der Waals surface area contributed by atoms with Crippen molar-refractivity contribution in [2.75, 3.05) is 6.61 Å². The van der Waals surface area contributed by atoms with Crippen LogP contribution < -0.4 is 0 Å². The van der Waals surface area contributed by atoms with E-state index >= 15 is 0 Å². The largest absolute Gasteiger partial charge is 0.463 e. The van der Waals surface area contributed by atoms with Crippen molar-refractivity contribution in [2.24, 2.45) is 0 Å². The molecule has 0 amide bonds. The Labute approximate surface area is 69.8 Å². The second kappa shape index (κ2) is 5.57. The second-order valence-electron chi connectivity index (χ2n) is 1.55. The highest BCUT2D eigenvalue weighted by Gasteiger charge is 2.11. The van der Waals surface area contributed by atoms with Crippen LogP contribution in [0.1, 0.15) is 6.42 Å². The van der Waals surface area contributed by atoms with E-state index in [4.69, 9.17) is 23.2 Å². The maximum Gasteiger partial charge on any atom is 0.339 e. The van der Waals surface area contributed by atoms with Crippen LogP contribution in [0.15, 0.2) is 12.7 Å². The van der Waals surface area contributed by atoms with E-state index in [1.807, 2.05) is 0 Å². The molecule has 0 radical (unpaired) electrons. The molecule has 0 heterocycles. The van der Waals surface area contributed by atoms with Crippen LogP contribution in [-0.2, 0) is 9.53 Å². The third-order valence-corrected chi connectivity index (χ3v) is 1.10. The second-order valence-corrected chi connectivity index (χ2v) is 2.64. The quantitative estimate of drug-likeness (QED) is 0.288. The highest BCUT2D eigenvalue weighted by atomic mass is 35.5. The van der Waals surface area contributed by atoms with E-state index in [1.54, 1.807) is 6.08 Å². The van der Waals surface area contributed by atoms with E-state index in [2.05, 4.69) is 11.3 Å². The maximum absolute atomic E-state index is 10.5. The highest BCUT2D eigenvalue weighted by molar-refractivity contribution is 6.52. The van der Waals surface area contributed by atoms with E-state index < -0.39 is 10.8 Å². The monoisotopic (exact) mass is 182 g/mol. The summed E-state index contributed by atoms with van der Waals surface area (Å²) in [7, 11) is 0. The summed E-state index contributed by atoms with van der Waals surface area (Å²) in [6.45, 7) is 3.74. The first kappa shape index (κ1) is 9.79. The molecule has 0 saturated heterocycles. The van der Waals surface area contributed by atoms with Gasteiger partial charge in [0.05, 0.1) is 6.61 Å². The van der Waals surface area contributed by atoms with Gasteiger partial charge in [-0.15, -0.1) is 6.58 Å². The molecule has 0 aliphatic carbocycles. The molecule has 0 aromatic carbocycles. The SMILES string of the molecule is C=CCCOC(=O)C(Cl)Cl. The van der Waals surface area contributed by atoms with Gasteiger partial charge in [0.25, 0.3) is 0 Å². The number of halogens is 2. The zero-order chi connectivity index (χ0) is 7.98. The Morgan fingerprint density at radius 1 is 1.70 bits per heavy atom. The molecule has 0 bridgehead atoms. The standard InChI is InChI=1S/C6H8Cl2O2/c1-2-3-4-10-6(9)5(7)8/h2,5H,1,3-4H2. The van der Waals surface area contributed by atoms with E-state index in [0.29, 0.717) is 6.42 Å². The van der Waals surface area contributed by atoms with Crippen molar-refractivity contribution >= 4 is 29.2 Å². The van der Waals surface area contributed by atoms with Gasteiger partial charge in [-0.3, -0.25) is 0 Å². The van der Waals surface area contributed by atoms with E-state index in [-0.39, 0.29) is 6.61 Å². The van der Waals surface area contributed by atoms with Crippen LogP contribution in [0.25, 0.3) is 0 Å². The van der Waals surface area contributed by atoms with Crippen molar-refractivity contribution in [3.63, 3.8) is 0 Å². The van der Waals surface area contributed by atoms with Gasteiger partial charge >= 0.3 is 5.97 Å². The summed E-state index contributed by atoms with van der Waals surface area (Å²) in [5, 5.41) is 0. The third kappa shape index (κ3) is 4.65. The van der Waals surface area contributed by atoms with Crippen LogP contribution in [0.5, 0.6) is 0 Å². The molecule has 10 heavy (non-hydrogen) atoms. The van der Waals surface area contributed by atoms with Crippen molar-refractivity contribution < 1.29 is 9.53 Å². The number of alkyl halides is 2. The number of carbonyl (C=O) groups excluding carboxylic acids is 1. The first-order valence-electron chi connectivity index (χ1n) is 2.74. The Morgan fingerprint density at radius 2 is 2.30 bits per heavy atom. The molecule has 0 rings (SSSR count). The van der Waals surface area contributed by atoms with E-state index in [0.717, 1.165) is 0 Å². The molecule has 4 heteroatoms. The number of ether oxygens (including phenoxy) is 1. The topological polar surface area (TPSA) is 26.3 Å². The Balaban J connectivity index is 3.30. The molecule has 58 valence electrons. The van der Waals surface area contributed by atoms with Crippen molar-refractivity contribution in [2.45, 2.75) is 11.3 Å². The van der Waals surface area contributed by atoms with Crippen molar-refractivity contribution in [3.8, 4) is 0 Å². The first-order chi connectivity index (χ1) is 4.68. The molecule has 0 saturated carbocycles. The average Bonchev–Trinajstić information content (AvgIpc) is 1.88. The number of hydrogen-bond donors (Lipinski definition) is 0. The predicted molar refractivity (Wildman–Crippen MR) is 41.3 cm³/mol. The molecule has 0 aromatic heterocycles. The Kier molecular flexibility index (Phi) is 5.45. The lowest BCUT2D eigenvalue weighted by Gasteiger charge is -2.01. The zero-order valence-corrected chi connectivity index (χ0v) is 6.86. The average molecular weight is 183 g/mol. The zero-order valence-electron chi connectivity index (χ0n) is 5.35. The number of hydrogen-bond acceptors (Lipinski definition) is 2. The van der Waals surface area contributed by atoms with E-state index in [9.17, 15) is 4.79 Å². The minimum Gasteiger partial charge on any atom is -0.463 e. The maximum atomic E-state index is 10.5. The van der Waals surface area contributed by atoms with Crippen LogP contribution in [0.4, 0.5) is 0 Å². The smallest absolute Gasteiger partial charge is 0.339 e. The van der Waals surface area contributed by atoms with Crippen LogP contribution in [0, 0.1) is 0 Å². The minimum absolute atomic E-state index is 0.290. The number of esters is 1. The molecule has 0 fully saturated rings. The fourth-order valence-electron chi connectivity index (χ4n) is 0.306. The van der Waals surface area contributed by atoms with Gasteiger partial charge in [0, 0.05) is 0 Å². The molecule has 0 aliphatic rings. The summed E-state index contributed by atoms with van der Waals surface area (Å²) in [5.74, 6) is -0.606. The van der Waals surface area contributed by atoms with Crippen molar-refractivity contribution in [1.29, 1.82) is 0 Å². The van der Waals surface area contributed by atoms with Gasteiger partial charge in [-0.25, -0.2) is 4.79 Å². The molecular formula is C6H8Cl2O2. The minimum atomic E-state index is -1.08. The fraction of sp³-hybridized carbons (Fsp3) is 0.500. The van der Waals surface area contributed by atoms with Gasteiger partial charge < -0.3 is 4.74 Å². The fourth-order valence-corrected chi connectivity index (χ4v) is 0.432. The summed E-state index contributed by atoms with van der Waals surface area (Å²) in [5.41, 5.74) is 0. The van der Waals surface area contributed by atoms with Crippen molar-refractivity contribution in [1.82, 2.24) is 0 Å². The van der Waals surface area contributed by atoms with Gasteiger partial charge in [0.1, 0.15) is 0 Å². The molecule has 0 aromatic rings. The van der Waals surface area contributed by atoms with Gasteiger partial charge in [0.2, 0.25) is 4.84 Å². The normalized spacial score (nSPS) is 9.50. The Morgan fingerprint density at radius 3 is 2.70 bits per heavy atom. The molecule has 0 unspecified atom stereocenters. The predicted octanol–water partition coefficient (Wildman–Crippen LogP) is 1.91. The summed E-state index contributed by atoms with van der Waals surface area (Å²) < 4.78 is 4.57. The van der Waals surface area contributed by atoms with Gasteiger partial charge in [-0.05, 0) is 6.42 Å². The third-order valence-electron chi connectivity index (χ3n) is 0.744. The summed E-state index contributed by atoms with van der Waals surface area (Å²) in [6, 6.07) is 0. The lowest BCUT2D eigenvalue weighted by molar-refractivity contribution is -0.141. The summed E-state index contributed by atoms with van der Waals surface area (Å²) in [6.07, 6.45) is 2.26. The van der Waals surface area contributed by atoms with Crippen molar-refractivity contribution in [3.05, 3.63) is 12.7 Å². The van der Waals surface area contributed by atoms with Crippen LogP contribution in [-0.4, -0.2) is 17.4 Å². The highest BCUT2D eigenvalue weighted by Crippen LogP contribution is 2.03. The van der Waals surface area contributed by atoms with E-state index in [1.165, 1.54) is 0 Å². The van der Waals surface area contributed by atoms with Crippen LogP contribution in [0.3, 0.4) is 0 Å². The van der Waals surface area contributed by atoms with Crippen LogP contribution in [0.2, 0.25) is 0 Å². The van der Waals surface area contributed by atoms with Gasteiger partial charge in [-0.1, -0.05) is 29.3 Å². The summed E-state index contributed by atoms with van der Waals surface area (Å²) in [4.78, 5) is 9.42.